The van der Waals surface area contributed by atoms with E-state index in [1.807, 2.05) is 24.3 Å². The van der Waals surface area contributed by atoms with Crippen molar-refractivity contribution < 1.29 is 8.78 Å². The van der Waals surface area contributed by atoms with Crippen LogP contribution in [-0.4, -0.2) is 42.0 Å². The Kier molecular flexibility index (Phi) is 6.15. The Balaban J connectivity index is 1.35. The second kappa shape index (κ2) is 9.35. The van der Waals surface area contributed by atoms with Crippen LogP contribution in [0.5, 0.6) is 0 Å². The van der Waals surface area contributed by atoms with Gasteiger partial charge in [-0.05, 0) is 53.8 Å². The van der Waals surface area contributed by atoms with E-state index >= 15 is 0 Å². The third kappa shape index (κ3) is 4.67. The lowest BCUT2D eigenvalue weighted by Gasteiger charge is -2.47. The molecule has 5 rings (SSSR count). The summed E-state index contributed by atoms with van der Waals surface area (Å²) in [5.74, 6) is -0.470. The first-order valence-electron chi connectivity index (χ1n) is 11.4. The van der Waals surface area contributed by atoms with Crippen LogP contribution < -0.4 is 0 Å². The zero-order valence-corrected chi connectivity index (χ0v) is 18.1. The summed E-state index contributed by atoms with van der Waals surface area (Å²) >= 11 is 0. The van der Waals surface area contributed by atoms with Gasteiger partial charge in [-0.25, -0.2) is 8.78 Å². The first-order valence-corrected chi connectivity index (χ1v) is 11.4. The normalized spacial score (nSPS) is 21.1. The second-order valence-electron chi connectivity index (χ2n) is 8.88. The molecule has 3 aromatic carbocycles. The van der Waals surface area contributed by atoms with E-state index in [9.17, 15) is 8.78 Å². The van der Waals surface area contributed by atoms with Crippen molar-refractivity contribution in [2.24, 2.45) is 0 Å². The predicted molar refractivity (Wildman–Crippen MR) is 125 cm³/mol. The fourth-order valence-electron chi connectivity index (χ4n) is 5.13. The minimum Gasteiger partial charge on any atom is -0.294 e. The Morgan fingerprint density at radius 1 is 0.781 bits per heavy atom. The fraction of sp³-hybridized carbons (Fsp3) is 0.286. The number of piperidine rings is 1. The number of halogens is 2. The lowest BCUT2D eigenvalue weighted by Crippen LogP contribution is -2.55. The van der Waals surface area contributed by atoms with Crippen LogP contribution in [0.4, 0.5) is 8.78 Å². The number of benzene rings is 3. The topological polar surface area (TPSA) is 6.48 Å². The number of nitrogens with zero attached hydrogens (tertiary/aromatic N) is 2. The summed E-state index contributed by atoms with van der Waals surface area (Å²) in [7, 11) is 0. The number of hydrogen-bond acceptors (Lipinski definition) is 2. The van der Waals surface area contributed by atoms with Crippen molar-refractivity contribution in [3.63, 3.8) is 0 Å². The number of hydrogen-bond donors (Lipinski definition) is 0. The molecule has 2 heterocycles. The Hall–Kier alpha value is -2.82. The van der Waals surface area contributed by atoms with Gasteiger partial charge in [0.15, 0.2) is 0 Å². The maximum Gasteiger partial charge on any atom is 0.123 e. The molecule has 0 radical (unpaired) electrons. The molecule has 2 aliphatic heterocycles. The van der Waals surface area contributed by atoms with E-state index in [1.54, 1.807) is 0 Å². The number of rotatable bonds is 4. The number of fused-ring (bicyclic) bond motifs is 1. The van der Waals surface area contributed by atoms with Crippen molar-refractivity contribution in [2.75, 3.05) is 26.2 Å². The SMILES string of the molecule is Fc1ccc(C(c2ccc(F)cc2)N2CCN3C/C(=C/c4ccccc4)CCC3C2)cc1. The predicted octanol–water partition coefficient (Wildman–Crippen LogP) is 5.92. The molecule has 1 atom stereocenters. The molecule has 0 saturated carbocycles. The summed E-state index contributed by atoms with van der Waals surface area (Å²) in [4.78, 5) is 5.08. The third-order valence-corrected chi connectivity index (χ3v) is 6.75. The average Bonchev–Trinajstić information content (AvgIpc) is 2.82. The quantitative estimate of drug-likeness (QED) is 0.507. The monoisotopic (exact) mass is 430 g/mol. The van der Waals surface area contributed by atoms with Gasteiger partial charge in [0.2, 0.25) is 0 Å². The highest BCUT2D eigenvalue weighted by Gasteiger charge is 2.34. The van der Waals surface area contributed by atoms with Gasteiger partial charge in [-0.15, -0.1) is 0 Å². The van der Waals surface area contributed by atoms with Gasteiger partial charge in [-0.2, -0.15) is 0 Å². The number of piperazine rings is 1. The van der Waals surface area contributed by atoms with Crippen LogP contribution in [-0.2, 0) is 0 Å². The molecule has 32 heavy (non-hydrogen) atoms. The van der Waals surface area contributed by atoms with E-state index in [4.69, 9.17) is 0 Å². The van der Waals surface area contributed by atoms with Crippen molar-refractivity contribution in [1.29, 1.82) is 0 Å². The molecule has 0 bridgehead atoms. The summed E-state index contributed by atoms with van der Waals surface area (Å²) in [5, 5.41) is 0. The van der Waals surface area contributed by atoms with Crippen molar-refractivity contribution in [2.45, 2.75) is 24.9 Å². The maximum atomic E-state index is 13.6. The molecule has 0 amide bonds. The van der Waals surface area contributed by atoms with Crippen LogP contribution in [0.15, 0.2) is 84.4 Å². The van der Waals surface area contributed by atoms with Gasteiger partial charge in [-0.1, -0.05) is 66.2 Å². The van der Waals surface area contributed by atoms with Crippen molar-refractivity contribution in [3.05, 3.63) is 113 Å². The highest BCUT2D eigenvalue weighted by Crippen LogP contribution is 2.34. The Labute approximate surface area is 188 Å². The minimum atomic E-state index is -0.235. The molecule has 3 aromatic rings. The molecule has 2 aliphatic rings. The largest absolute Gasteiger partial charge is 0.294 e. The van der Waals surface area contributed by atoms with Gasteiger partial charge in [0.25, 0.3) is 0 Å². The molecule has 1 unspecified atom stereocenters. The highest BCUT2D eigenvalue weighted by molar-refractivity contribution is 5.53. The molecule has 164 valence electrons. The smallest absolute Gasteiger partial charge is 0.123 e. The van der Waals surface area contributed by atoms with E-state index in [0.717, 1.165) is 50.1 Å². The van der Waals surface area contributed by atoms with Gasteiger partial charge in [0, 0.05) is 32.2 Å². The van der Waals surface area contributed by atoms with E-state index < -0.39 is 0 Å². The molecular weight excluding hydrogens is 402 g/mol. The first-order chi connectivity index (χ1) is 15.7. The van der Waals surface area contributed by atoms with E-state index in [0.29, 0.717) is 6.04 Å². The fourth-order valence-corrected chi connectivity index (χ4v) is 5.13. The van der Waals surface area contributed by atoms with Crippen LogP contribution >= 0.6 is 0 Å². The molecule has 2 fully saturated rings. The molecule has 0 aliphatic carbocycles. The Morgan fingerprint density at radius 2 is 1.41 bits per heavy atom. The van der Waals surface area contributed by atoms with Gasteiger partial charge in [-0.3, -0.25) is 9.80 Å². The molecule has 0 aromatic heterocycles. The summed E-state index contributed by atoms with van der Waals surface area (Å²) in [6.45, 7) is 3.90. The van der Waals surface area contributed by atoms with Crippen LogP contribution in [0, 0.1) is 11.6 Å². The van der Waals surface area contributed by atoms with Gasteiger partial charge >= 0.3 is 0 Å². The van der Waals surface area contributed by atoms with E-state index in [1.165, 1.54) is 35.4 Å². The molecule has 2 saturated heterocycles. The highest BCUT2D eigenvalue weighted by atomic mass is 19.1. The van der Waals surface area contributed by atoms with Crippen LogP contribution in [0.2, 0.25) is 0 Å². The van der Waals surface area contributed by atoms with E-state index in [-0.39, 0.29) is 17.7 Å². The van der Waals surface area contributed by atoms with Gasteiger partial charge in [0.1, 0.15) is 11.6 Å². The van der Waals surface area contributed by atoms with Crippen molar-refractivity contribution in [3.8, 4) is 0 Å². The first kappa shape index (κ1) is 21.0. The Bertz CT molecular complexity index is 1020. The molecule has 0 N–H and O–H groups in total. The zero-order chi connectivity index (χ0) is 21.9. The van der Waals surface area contributed by atoms with Crippen LogP contribution in [0.3, 0.4) is 0 Å². The maximum absolute atomic E-state index is 13.6. The summed E-state index contributed by atoms with van der Waals surface area (Å²) in [5.41, 5.74) is 4.86. The van der Waals surface area contributed by atoms with Crippen LogP contribution in [0.1, 0.15) is 35.6 Å². The molecule has 2 nitrogen and oxygen atoms in total. The molecule has 4 heteroatoms. The van der Waals surface area contributed by atoms with E-state index in [2.05, 4.69) is 46.2 Å². The lowest BCUT2D eigenvalue weighted by atomic mass is 9.91. The summed E-state index contributed by atoms with van der Waals surface area (Å²) in [6, 6.07) is 24.5. The molecule has 0 spiro atoms. The average molecular weight is 431 g/mol. The van der Waals surface area contributed by atoms with Crippen molar-refractivity contribution in [1.82, 2.24) is 9.80 Å². The Morgan fingerprint density at radius 3 is 2.03 bits per heavy atom. The van der Waals surface area contributed by atoms with Gasteiger partial charge < -0.3 is 0 Å². The second-order valence-corrected chi connectivity index (χ2v) is 8.88. The lowest BCUT2D eigenvalue weighted by molar-refractivity contribution is 0.0487. The van der Waals surface area contributed by atoms with Crippen molar-refractivity contribution >= 4 is 6.08 Å². The van der Waals surface area contributed by atoms with Crippen LogP contribution in [0.25, 0.3) is 6.08 Å². The minimum absolute atomic E-state index is 0.000363. The zero-order valence-electron chi connectivity index (χ0n) is 18.1. The summed E-state index contributed by atoms with van der Waals surface area (Å²) < 4.78 is 27.2. The standard InChI is InChI=1S/C28H28F2N2/c29-25-11-7-23(8-12-25)28(24-9-13-26(30)14-10-24)32-17-16-31-19-22(6-15-27(31)20-32)18-21-4-2-1-3-5-21/h1-5,7-14,18,27-28H,6,15-17,19-20H2/b22-18+. The summed E-state index contributed by atoms with van der Waals surface area (Å²) in [6.07, 6.45) is 4.58. The van der Waals surface area contributed by atoms with Gasteiger partial charge in [0.05, 0.1) is 6.04 Å². The molecular formula is C28H28F2N2. The third-order valence-electron chi connectivity index (χ3n) is 6.75.